The molecular weight excluding hydrogens is 306 g/mol. The van der Waals surface area contributed by atoms with Crippen LogP contribution < -0.4 is 5.32 Å². The van der Waals surface area contributed by atoms with Gasteiger partial charge in [0, 0.05) is 11.6 Å². The average molecular weight is 327 g/mol. The first kappa shape index (κ1) is 16.2. The number of hydrogen-bond donors (Lipinski definition) is 3. The fourth-order valence-electron chi connectivity index (χ4n) is 3.22. The molecule has 1 aliphatic rings. The van der Waals surface area contributed by atoms with Crippen molar-refractivity contribution in [3.8, 4) is 11.3 Å². The van der Waals surface area contributed by atoms with Crippen LogP contribution in [0.4, 0.5) is 0 Å². The lowest BCUT2D eigenvalue weighted by atomic mass is 9.95. The van der Waals surface area contributed by atoms with E-state index in [0.29, 0.717) is 24.2 Å². The minimum atomic E-state index is -0.836. The molecule has 0 bridgehead atoms. The molecule has 6 nitrogen and oxygen atoms in total. The fourth-order valence-corrected chi connectivity index (χ4v) is 3.22. The van der Waals surface area contributed by atoms with Crippen LogP contribution in [0.2, 0.25) is 0 Å². The van der Waals surface area contributed by atoms with Crippen LogP contribution in [0, 0.1) is 5.92 Å². The van der Waals surface area contributed by atoms with E-state index in [1.807, 2.05) is 30.3 Å². The summed E-state index contributed by atoms with van der Waals surface area (Å²) in [7, 11) is 0. The molecule has 0 radical (unpaired) electrons. The highest BCUT2D eigenvalue weighted by Crippen LogP contribution is 2.24. The van der Waals surface area contributed by atoms with Crippen molar-refractivity contribution in [3.05, 3.63) is 42.1 Å². The summed E-state index contributed by atoms with van der Waals surface area (Å²) < 4.78 is 0. The van der Waals surface area contributed by atoms with Gasteiger partial charge >= 0.3 is 5.97 Å². The number of amides is 1. The fraction of sp³-hybridized carbons (Fsp3) is 0.389. The number of aromatic nitrogens is 2. The van der Waals surface area contributed by atoms with Gasteiger partial charge in [0.1, 0.15) is 5.69 Å². The summed E-state index contributed by atoms with van der Waals surface area (Å²) in [6, 6.07) is 10.9. The molecule has 24 heavy (non-hydrogen) atoms. The Kier molecular flexibility index (Phi) is 4.93. The second-order valence-corrected chi connectivity index (χ2v) is 6.20. The van der Waals surface area contributed by atoms with Gasteiger partial charge in [0.25, 0.3) is 5.91 Å². The number of nitrogens with one attached hydrogen (secondary N) is 2. The van der Waals surface area contributed by atoms with Gasteiger partial charge in [0.15, 0.2) is 0 Å². The molecule has 126 valence electrons. The van der Waals surface area contributed by atoms with Gasteiger partial charge in [-0.3, -0.25) is 14.7 Å². The zero-order chi connectivity index (χ0) is 16.9. The Hall–Kier alpha value is -2.63. The number of carboxylic acids is 1. The Bertz CT molecular complexity index is 711. The molecule has 1 aliphatic carbocycles. The quantitative estimate of drug-likeness (QED) is 0.753. The van der Waals surface area contributed by atoms with Gasteiger partial charge in [0.2, 0.25) is 0 Å². The highest BCUT2D eigenvalue weighted by molar-refractivity contribution is 5.93. The summed E-state index contributed by atoms with van der Waals surface area (Å²) in [4.78, 5) is 23.9. The van der Waals surface area contributed by atoms with Crippen LogP contribution in [0.1, 0.15) is 42.6 Å². The van der Waals surface area contributed by atoms with E-state index in [0.717, 1.165) is 24.8 Å². The van der Waals surface area contributed by atoms with Crippen LogP contribution in [0.3, 0.4) is 0 Å². The van der Waals surface area contributed by atoms with E-state index in [1.54, 1.807) is 6.07 Å². The molecule has 0 aliphatic heterocycles. The Balaban J connectivity index is 1.72. The number of benzene rings is 1. The van der Waals surface area contributed by atoms with Crippen molar-refractivity contribution < 1.29 is 14.7 Å². The molecule has 2 aromatic rings. The summed E-state index contributed by atoms with van der Waals surface area (Å²) in [5.41, 5.74) is 1.96. The topological polar surface area (TPSA) is 95.1 Å². The van der Waals surface area contributed by atoms with Crippen LogP contribution in [-0.4, -0.2) is 33.2 Å². The Morgan fingerprint density at radius 2 is 1.88 bits per heavy atom. The van der Waals surface area contributed by atoms with Crippen molar-refractivity contribution >= 4 is 11.9 Å². The summed E-state index contributed by atoms with van der Waals surface area (Å²) in [5, 5.41) is 19.2. The monoisotopic (exact) mass is 327 g/mol. The van der Waals surface area contributed by atoms with Crippen molar-refractivity contribution in [1.82, 2.24) is 15.5 Å². The molecule has 1 heterocycles. The lowest BCUT2D eigenvalue weighted by molar-refractivity contribution is -0.142. The van der Waals surface area contributed by atoms with E-state index in [2.05, 4.69) is 15.5 Å². The largest absolute Gasteiger partial charge is 0.481 e. The molecule has 6 heteroatoms. The zero-order valence-electron chi connectivity index (χ0n) is 13.4. The van der Waals surface area contributed by atoms with Crippen LogP contribution in [0.25, 0.3) is 11.3 Å². The van der Waals surface area contributed by atoms with Crippen LogP contribution >= 0.6 is 0 Å². The summed E-state index contributed by atoms with van der Waals surface area (Å²) >= 11 is 0. The minimum Gasteiger partial charge on any atom is -0.481 e. The second kappa shape index (κ2) is 7.29. The Morgan fingerprint density at radius 3 is 2.62 bits per heavy atom. The van der Waals surface area contributed by atoms with E-state index in [1.165, 1.54) is 0 Å². The predicted molar refractivity (Wildman–Crippen MR) is 89.5 cm³/mol. The Morgan fingerprint density at radius 1 is 1.12 bits per heavy atom. The third-order valence-electron chi connectivity index (χ3n) is 4.54. The second-order valence-electron chi connectivity index (χ2n) is 6.20. The van der Waals surface area contributed by atoms with Crippen molar-refractivity contribution in [2.45, 2.75) is 38.1 Å². The summed E-state index contributed by atoms with van der Waals surface area (Å²) in [6.07, 6.45) is 4.15. The number of carbonyl (C=O) groups is 2. The molecule has 3 rings (SSSR count). The summed E-state index contributed by atoms with van der Waals surface area (Å²) in [5.74, 6) is -1.66. The first-order valence-corrected chi connectivity index (χ1v) is 8.29. The minimum absolute atomic E-state index is 0.303. The molecular formula is C18H21N3O3. The molecule has 2 atom stereocenters. The number of H-pyrrole nitrogens is 1. The molecule has 0 unspecified atom stereocenters. The summed E-state index contributed by atoms with van der Waals surface area (Å²) in [6.45, 7) is 0. The average Bonchev–Trinajstić information content (AvgIpc) is 2.97. The number of hydrogen-bond acceptors (Lipinski definition) is 3. The SMILES string of the molecule is O=C(N[C@H]1CCCCC[C@H]1C(=O)O)c1cc(-c2ccccc2)n[nH]1. The van der Waals surface area contributed by atoms with E-state index >= 15 is 0 Å². The van der Waals surface area contributed by atoms with Gasteiger partial charge in [-0.2, -0.15) is 5.10 Å². The lowest BCUT2D eigenvalue weighted by Crippen LogP contribution is -2.43. The molecule has 1 amide bonds. The van der Waals surface area contributed by atoms with E-state index in [4.69, 9.17) is 0 Å². The molecule has 1 saturated carbocycles. The first-order chi connectivity index (χ1) is 11.6. The number of carbonyl (C=O) groups excluding carboxylic acids is 1. The van der Waals surface area contributed by atoms with E-state index in [-0.39, 0.29) is 11.9 Å². The van der Waals surface area contributed by atoms with Crippen LogP contribution in [-0.2, 0) is 4.79 Å². The van der Waals surface area contributed by atoms with Crippen molar-refractivity contribution in [3.63, 3.8) is 0 Å². The van der Waals surface area contributed by atoms with Crippen molar-refractivity contribution in [2.75, 3.05) is 0 Å². The highest BCUT2D eigenvalue weighted by atomic mass is 16.4. The number of rotatable bonds is 4. The molecule has 3 N–H and O–H groups in total. The third-order valence-corrected chi connectivity index (χ3v) is 4.54. The maximum absolute atomic E-state index is 12.5. The van der Waals surface area contributed by atoms with Gasteiger partial charge in [-0.15, -0.1) is 0 Å². The Labute approximate surface area is 140 Å². The maximum atomic E-state index is 12.5. The van der Waals surface area contributed by atoms with Gasteiger partial charge < -0.3 is 10.4 Å². The van der Waals surface area contributed by atoms with Crippen molar-refractivity contribution in [1.29, 1.82) is 0 Å². The smallest absolute Gasteiger partial charge is 0.308 e. The molecule has 0 saturated heterocycles. The molecule has 0 spiro atoms. The number of carboxylic acid groups (broad SMARTS) is 1. The third kappa shape index (κ3) is 3.64. The lowest BCUT2D eigenvalue weighted by Gasteiger charge is -2.22. The van der Waals surface area contributed by atoms with Gasteiger partial charge in [0.05, 0.1) is 11.6 Å². The van der Waals surface area contributed by atoms with E-state index < -0.39 is 11.9 Å². The molecule has 1 aromatic heterocycles. The number of aliphatic carboxylic acids is 1. The molecule has 1 fully saturated rings. The van der Waals surface area contributed by atoms with Crippen LogP contribution in [0.15, 0.2) is 36.4 Å². The zero-order valence-corrected chi connectivity index (χ0v) is 13.4. The standard InChI is InChI=1S/C18H21N3O3/c22-17(19-14-10-6-2-5-9-13(14)18(23)24)16-11-15(20-21-16)12-7-3-1-4-8-12/h1,3-4,7-8,11,13-14H,2,5-6,9-10H2,(H,19,22)(H,20,21)(H,23,24)/t13-,14+/m1/s1. The first-order valence-electron chi connectivity index (χ1n) is 8.29. The van der Waals surface area contributed by atoms with Gasteiger partial charge in [-0.1, -0.05) is 49.6 Å². The predicted octanol–water partition coefficient (Wildman–Crippen LogP) is 2.84. The van der Waals surface area contributed by atoms with E-state index in [9.17, 15) is 14.7 Å². The van der Waals surface area contributed by atoms with Gasteiger partial charge in [-0.25, -0.2) is 0 Å². The normalized spacial score (nSPS) is 21.0. The number of nitrogens with zero attached hydrogens (tertiary/aromatic N) is 1. The highest BCUT2D eigenvalue weighted by Gasteiger charge is 2.31. The molecule has 1 aromatic carbocycles. The van der Waals surface area contributed by atoms with Crippen LogP contribution in [0.5, 0.6) is 0 Å². The number of aromatic amines is 1. The maximum Gasteiger partial charge on any atom is 0.308 e. The van der Waals surface area contributed by atoms with Gasteiger partial charge in [-0.05, 0) is 18.9 Å². The van der Waals surface area contributed by atoms with Crippen molar-refractivity contribution in [2.24, 2.45) is 5.92 Å².